The number of hydrogen-bond acceptors (Lipinski definition) is 4. The summed E-state index contributed by atoms with van der Waals surface area (Å²) < 4.78 is 10.6. The normalized spacial score (nSPS) is 12.3. The first-order chi connectivity index (χ1) is 10.3. The van der Waals surface area contributed by atoms with Crippen molar-refractivity contribution in [3.63, 3.8) is 0 Å². The van der Waals surface area contributed by atoms with Crippen molar-refractivity contribution in [2.24, 2.45) is 5.92 Å². The van der Waals surface area contributed by atoms with Crippen LogP contribution in [0.5, 0.6) is 5.75 Å². The van der Waals surface area contributed by atoms with E-state index in [0.717, 1.165) is 31.9 Å². The summed E-state index contributed by atoms with van der Waals surface area (Å²) in [6, 6.07) is 8.35. The van der Waals surface area contributed by atoms with Crippen molar-refractivity contribution >= 4 is 11.8 Å². The molecular formula is C17H29NO2S. The topological polar surface area (TPSA) is 30.5 Å². The van der Waals surface area contributed by atoms with Crippen molar-refractivity contribution in [3.05, 3.63) is 29.8 Å². The number of nitrogens with one attached hydrogen (secondary N) is 1. The van der Waals surface area contributed by atoms with E-state index in [-0.39, 0.29) is 0 Å². The number of ether oxygens (including phenoxy) is 2. The molecule has 1 unspecified atom stereocenters. The average molecular weight is 311 g/mol. The highest BCUT2D eigenvalue weighted by Gasteiger charge is 2.12. The molecule has 0 radical (unpaired) electrons. The molecule has 1 rings (SSSR count). The van der Waals surface area contributed by atoms with Gasteiger partial charge in [0.25, 0.3) is 0 Å². The lowest BCUT2D eigenvalue weighted by molar-refractivity contribution is 0.197. The van der Waals surface area contributed by atoms with Gasteiger partial charge in [-0.2, -0.15) is 11.8 Å². The zero-order valence-electron chi connectivity index (χ0n) is 13.6. The van der Waals surface area contributed by atoms with E-state index >= 15 is 0 Å². The Morgan fingerprint density at radius 1 is 1.24 bits per heavy atom. The Balaban J connectivity index is 2.53. The Morgan fingerprint density at radius 2 is 2.05 bits per heavy atom. The maximum absolute atomic E-state index is 5.47. The average Bonchev–Trinajstić information content (AvgIpc) is 2.52. The van der Waals surface area contributed by atoms with E-state index in [1.165, 1.54) is 24.2 Å². The van der Waals surface area contributed by atoms with Crippen molar-refractivity contribution in [2.75, 3.05) is 45.9 Å². The van der Waals surface area contributed by atoms with Crippen molar-refractivity contribution in [1.82, 2.24) is 5.32 Å². The first-order valence-corrected chi connectivity index (χ1v) is 9.01. The predicted octanol–water partition coefficient (Wildman–Crippen LogP) is 3.23. The second-order valence-corrected chi connectivity index (χ2v) is 6.20. The molecule has 0 aromatic heterocycles. The third kappa shape index (κ3) is 7.74. The quantitative estimate of drug-likeness (QED) is 0.600. The summed E-state index contributed by atoms with van der Waals surface area (Å²) in [6.45, 7) is 2.73. The Morgan fingerprint density at radius 3 is 2.76 bits per heavy atom. The number of methoxy groups -OCH3 is 2. The Bertz CT molecular complexity index is 374. The van der Waals surface area contributed by atoms with E-state index < -0.39 is 0 Å². The molecule has 0 aliphatic heterocycles. The van der Waals surface area contributed by atoms with E-state index in [0.29, 0.717) is 5.92 Å². The van der Waals surface area contributed by atoms with Gasteiger partial charge in [-0.25, -0.2) is 0 Å². The highest BCUT2D eigenvalue weighted by molar-refractivity contribution is 7.98. The minimum absolute atomic E-state index is 0.644. The van der Waals surface area contributed by atoms with Gasteiger partial charge < -0.3 is 14.8 Å². The van der Waals surface area contributed by atoms with Crippen LogP contribution < -0.4 is 10.1 Å². The molecule has 3 nitrogen and oxygen atoms in total. The van der Waals surface area contributed by atoms with Crippen LogP contribution in [0.1, 0.15) is 18.4 Å². The van der Waals surface area contributed by atoms with E-state index in [2.05, 4.69) is 23.7 Å². The van der Waals surface area contributed by atoms with Gasteiger partial charge in [0.1, 0.15) is 5.75 Å². The minimum Gasteiger partial charge on any atom is -0.496 e. The van der Waals surface area contributed by atoms with Crippen LogP contribution in [0.25, 0.3) is 0 Å². The molecule has 4 heteroatoms. The summed E-state index contributed by atoms with van der Waals surface area (Å²) in [4.78, 5) is 0. The van der Waals surface area contributed by atoms with Crippen LogP contribution in [0.4, 0.5) is 0 Å². The molecular weight excluding hydrogens is 282 g/mol. The number of thioether (sulfide) groups is 1. The van der Waals surface area contributed by atoms with Crippen LogP contribution >= 0.6 is 11.8 Å². The van der Waals surface area contributed by atoms with E-state index in [1.54, 1.807) is 14.2 Å². The fourth-order valence-electron chi connectivity index (χ4n) is 2.46. The lowest BCUT2D eigenvalue weighted by Crippen LogP contribution is -2.27. The van der Waals surface area contributed by atoms with Crippen LogP contribution in [0, 0.1) is 5.92 Å². The fraction of sp³-hybridized carbons (Fsp3) is 0.647. The maximum Gasteiger partial charge on any atom is 0.122 e. The second-order valence-electron chi connectivity index (χ2n) is 5.21. The third-order valence-electron chi connectivity index (χ3n) is 3.58. The van der Waals surface area contributed by atoms with Gasteiger partial charge in [-0.3, -0.25) is 0 Å². The van der Waals surface area contributed by atoms with Crippen LogP contribution in [0.2, 0.25) is 0 Å². The van der Waals surface area contributed by atoms with Gasteiger partial charge in [-0.15, -0.1) is 0 Å². The molecule has 0 aliphatic rings. The molecule has 1 aromatic rings. The fourth-order valence-corrected chi connectivity index (χ4v) is 2.91. The van der Waals surface area contributed by atoms with Crippen molar-refractivity contribution < 1.29 is 9.47 Å². The summed E-state index contributed by atoms with van der Waals surface area (Å²) >= 11 is 1.92. The molecule has 0 spiro atoms. The van der Waals surface area contributed by atoms with Crippen LogP contribution in [-0.2, 0) is 11.2 Å². The second kappa shape index (κ2) is 11.9. The SMILES string of the molecule is COCCNCC(CCCSC)Cc1ccccc1OC. The number of para-hydroxylation sites is 1. The highest BCUT2D eigenvalue weighted by Crippen LogP contribution is 2.23. The highest BCUT2D eigenvalue weighted by atomic mass is 32.2. The number of benzene rings is 1. The third-order valence-corrected chi connectivity index (χ3v) is 4.27. The van der Waals surface area contributed by atoms with Gasteiger partial charge in [0.05, 0.1) is 13.7 Å². The lowest BCUT2D eigenvalue weighted by atomic mass is 9.94. The van der Waals surface area contributed by atoms with Gasteiger partial charge in [0.15, 0.2) is 0 Å². The van der Waals surface area contributed by atoms with E-state index in [9.17, 15) is 0 Å². The molecule has 0 saturated carbocycles. The van der Waals surface area contributed by atoms with Crippen molar-refractivity contribution in [2.45, 2.75) is 19.3 Å². The standard InChI is InChI=1S/C17H29NO2S/c1-19-11-10-18-14-15(7-6-12-21-3)13-16-8-4-5-9-17(16)20-2/h4-5,8-9,15,18H,6-7,10-14H2,1-3H3. The molecule has 21 heavy (non-hydrogen) atoms. The smallest absolute Gasteiger partial charge is 0.122 e. The molecule has 0 bridgehead atoms. The van der Waals surface area contributed by atoms with Crippen LogP contribution in [0.15, 0.2) is 24.3 Å². The maximum atomic E-state index is 5.47. The zero-order valence-corrected chi connectivity index (χ0v) is 14.4. The molecule has 0 saturated heterocycles. The summed E-state index contributed by atoms with van der Waals surface area (Å²) in [6.07, 6.45) is 5.76. The van der Waals surface area contributed by atoms with Gasteiger partial charge >= 0.3 is 0 Å². The molecule has 0 aliphatic carbocycles. The molecule has 1 atom stereocenters. The summed E-state index contributed by atoms with van der Waals surface area (Å²) in [5.74, 6) is 2.88. The Hall–Kier alpha value is -0.710. The number of hydrogen-bond donors (Lipinski definition) is 1. The lowest BCUT2D eigenvalue weighted by Gasteiger charge is -2.19. The minimum atomic E-state index is 0.644. The monoisotopic (exact) mass is 311 g/mol. The van der Waals surface area contributed by atoms with Crippen LogP contribution in [0.3, 0.4) is 0 Å². The molecule has 120 valence electrons. The first-order valence-electron chi connectivity index (χ1n) is 7.62. The van der Waals surface area contributed by atoms with Gasteiger partial charge in [0, 0.05) is 13.7 Å². The molecule has 0 fully saturated rings. The Kier molecular flexibility index (Phi) is 10.4. The zero-order chi connectivity index (χ0) is 15.3. The summed E-state index contributed by atoms with van der Waals surface area (Å²) in [5.41, 5.74) is 1.31. The molecule has 1 N–H and O–H groups in total. The Labute approximate surface area is 133 Å². The van der Waals surface area contributed by atoms with Gasteiger partial charge in [-0.1, -0.05) is 18.2 Å². The van der Waals surface area contributed by atoms with E-state index in [1.807, 2.05) is 23.9 Å². The van der Waals surface area contributed by atoms with Crippen molar-refractivity contribution in [1.29, 1.82) is 0 Å². The summed E-state index contributed by atoms with van der Waals surface area (Å²) in [5, 5.41) is 3.50. The number of rotatable bonds is 12. The molecule has 0 heterocycles. The van der Waals surface area contributed by atoms with Crippen LogP contribution in [-0.4, -0.2) is 45.9 Å². The van der Waals surface area contributed by atoms with Gasteiger partial charge in [0.2, 0.25) is 0 Å². The van der Waals surface area contributed by atoms with Crippen molar-refractivity contribution in [3.8, 4) is 5.75 Å². The van der Waals surface area contributed by atoms with E-state index in [4.69, 9.17) is 9.47 Å². The molecule has 0 amide bonds. The summed E-state index contributed by atoms with van der Waals surface area (Å²) in [7, 11) is 3.49. The van der Waals surface area contributed by atoms with Gasteiger partial charge in [-0.05, 0) is 55.4 Å². The largest absolute Gasteiger partial charge is 0.496 e. The predicted molar refractivity (Wildman–Crippen MR) is 92.5 cm³/mol. The first kappa shape index (κ1) is 18.3. The molecule has 1 aromatic carbocycles.